The standard InChI is InChI=1S/C22H46O6/c1-5-9-13-25-19(17-23)21(27-15-11-7-3)22(28-16-12-8-4)20(18-24)26-14-10-6-2/h19-24H,5-18H2,1-4H3/t19-,20-,21-,22-/m1/s1. The van der Waals surface area contributed by atoms with Crippen molar-refractivity contribution in [2.24, 2.45) is 0 Å². The van der Waals surface area contributed by atoms with Crippen molar-refractivity contribution in [1.29, 1.82) is 0 Å². The maximum atomic E-state index is 9.98. The smallest absolute Gasteiger partial charge is 0.115 e. The van der Waals surface area contributed by atoms with Crippen LogP contribution in [-0.4, -0.2) is 74.3 Å². The third-order valence-electron chi connectivity index (χ3n) is 4.69. The third kappa shape index (κ3) is 12.3. The highest BCUT2D eigenvalue weighted by molar-refractivity contribution is 4.86. The molecule has 0 radical (unpaired) electrons. The van der Waals surface area contributed by atoms with Gasteiger partial charge in [-0.05, 0) is 25.7 Å². The molecule has 0 aliphatic rings. The first kappa shape index (κ1) is 27.8. The van der Waals surface area contributed by atoms with Crippen LogP contribution in [0, 0.1) is 0 Å². The van der Waals surface area contributed by atoms with Crippen molar-refractivity contribution in [3.63, 3.8) is 0 Å². The summed E-state index contributed by atoms with van der Waals surface area (Å²) in [5.74, 6) is 0. The second-order valence-corrected chi connectivity index (χ2v) is 7.27. The molecule has 0 fully saturated rings. The van der Waals surface area contributed by atoms with E-state index in [0.717, 1.165) is 51.4 Å². The van der Waals surface area contributed by atoms with Gasteiger partial charge in [0.05, 0.1) is 13.2 Å². The largest absolute Gasteiger partial charge is 0.394 e. The lowest BCUT2D eigenvalue weighted by Gasteiger charge is -2.36. The van der Waals surface area contributed by atoms with Crippen LogP contribution in [0.5, 0.6) is 0 Å². The van der Waals surface area contributed by atoms with Gasteiger partial charge in [0.1, 0.15) is 24.4 Å². The summed E-state index contributed by atoms with van der Waals surface area (Å²) in [6, 6.07) is 0. The van der Waals surface area contributed by atoms with Gasteiger partial charge in [-0.3, -0.25) is 0 Å². The first-order valence-corrected chi connectivity index (χ1v) is 11.4. The van der Waals surface area contributed by atoms with E-state index in [1.54, 1.807) is 0 Å². The molecular formula is C22H46O6. The monoisotopic (exact) mass is 406 g/mol. The molecule has 28 heavy (non-hydrogen) atoms. The highest BCUT2D eigenvalue weighted by atomic mass is 16.6. The van der Waals surface area contributed by atoms with E-state index < -0.39 is 24.4 Å². The molecule has 0 aliphatic carbocycles. The van der Waals surface area contributed by atoms with Crippen LogP contribution < -0.4 is 0 Å². The zero-order valence-corrected chi connectivity index (χ0v) is 18.7. The Morgan fingerprint density at radius 3 is 1.04 bits per heavy atom. The summed E-state index contributed by atoms with van der Waals surface area (Å²) in [4.78, 5) is 0. The fourth-order valence-electron chi connectivity index (χ4n) is 2.82. The van der Waals surface area contributed by atoms with Gasteiger partial charge in [0.25, 0.3) is 0 Å². The minimum absolute atomic E-state index is 0.152. The van der Waals surface area contributed by atoms with Gasteiger partial charge in [-0.2, -0.15) is 0 Å². The third-order valence-corrected chi connectivity index (χ3v) is 4.69. The molecule has 6 nitrogen and oxygen atoms in total. The molecular weight excluding hydrogens is 360 g/mol. The van der Waals surface area contributed by atoms with Crippen LogP contribution >= 0.6 is 0 Å². The van der Waals surface area contributed by atoms with Crippen molar-refractivity contribution in [3.05, 3.63) is 0 Å². The molecule has 2 N–H and O–H groups in total. The van der Waals surface area contributed by atoms with Crippen molar-refractivity contribution < 1.29 is 29.2 Å². The lowest BCUT2D eigenvalue weighted by molar-refractivity contribution is -0.191. The van der Waals surface area contributed by atoms with Gasteiger partial charge in [-0.15, -0.1) is 0 Å². The normalized spacial score (nSPS) is 16.1. The van der Waals surface area contributed by atoms with Gasteiger partial charge < -0.3 is 29.2 Å². The van der Waals surface area contributed by atoms with E-state index in [0.29, 0.717) is 26.4 Å². The Balaban J connectivity index is 5.34. The summed E-state index contributed by atoms with van der Waals surface area (Å²) in [6.45, 7) is 10.4. The molecule has 0 aliphatic heterocycles. The summed E-state index contributed by atoms with van der Waals surface area (Å²) in [6.07, 6.45) is 5.82. The summed E-state index contributed by atoms with van der Waals surface area (Å²) in [5, 5.41) is 20.0. The molecule has 0 aromatic heterocycles. The molecule has 0 aromatic rings. The molecule has 0 heterocycles. The zero-order chi connectivity index (χ0) is 21.0. The average Bonchev–Trinajstić information content (AvgIpc) is 2.71. The van der Waals surface area contributed by atoms with E-state index in [2.05, 4.69) is 27.7 Å². The van der Waals surface area contributed by atoms with Crippen molar-refractivity contribution in [1.82, 2.24) is 0 Å². The van der Waals surface area contributed by atoms with Gasteiger partial charge in [-0.1, -0.05) is 53.4 Å². The Labute approximate surface area is 172 Å². The molecule has 0 unspecified atom stereocenters. The molecule has 6 heteroatoms. The summed E-state index contributed by atoms with van der Waals surface area (Å²) in [5.41, 5.74) is 0. The van der Waals surface area contributed by atoms with Gasteiger partial charge in [0.2, 0.25) is 0 Å². The highest BCUT2D eigenvalue weighted by Gasteiger charge is 2.37. The van der Waals surface area contributed by atoms with Crippen molar-refractivity contribution in [2.75, 3.05) is 39.6 Å². The van der Waals surface area contributed by atoms with Crippen LogP contribution in [-0.2, 0) is 18.9 Å². The molecule has 0 spiro atoms. The number of ether oxygens (including phenoxy) is 4. The summed E-state index contributed by atoms with van der Waals surface area (Å²) < 4.78 is 24.2. The van der Waals surface area contributed by atoms with E-state index in [-0.39, 0.29) is 13.2 Å². The lowest BCUT2D eigenvalue weighted by Crippen LogP contribution is -2.52. The number of hydrogen-bond acceptors (Lipinski definition) is 6. The van der Waals surface area contributed by atoms with E-state index >= 15 is 0 Å². The zero-order valence-electron chi connectivity index (χ0n) is 18.7. The quantitative estimate of drug-likeness (QED) is 0.283. The van der Waals surface area contributed by atoms with Crippen LogP contribution in [0.15, 0.2) is 0 Å². The SMILES string of the molecule is CCCCO[C@@H]([C@H](OCCCC)[C@@H](CO)OCCCC)[C@@H](CO)OCCCC. The molecule has 170 valence electrons. The minimum atomic E-state index is -0.501. The van der Waals surface area contributed by atoms with Crippen LogP contribution in [0.2, 0.25) is 0 Å². The Morgan fingerprint density at radius 2 is 0.786 bits per heavy atom. The topological polar surface area (TPSA) is 77.4 Å². The van der Waals surface area contributed by atoms with E-state index in [1.165, 1.54) is 0 Å². The van der Waals surface area contributed by atoms with Crippen molar-refractivity contribution in [2.45, 2.75) is 103 Å². The second-order valence-electron chi connectivity index (χ2n) is 7.27. The number of unbranched alkanes of at least 4 members (excludes halogenated alkanes) is 4. The van der Waals surface area contributed by atoms with Crippen LogP contribution in [0.1, 0.15) is 79.1 Å². The number of aliphatic hydroxyl groups is 2. The highest BCUT2D eigenvalue weighted by Crippen LogP contribution is 2.20. The van der Waals surface area contributed by atoms with Gasteiger partial charge in [0.15, 0.2) is 0 Å². The first-order valence-electron chi connectivity index (χ1n) is 11.4. The van der Waals surface area contributed by atoms with Gasteiger partial charge in [0, 0.05) is 26.4 Å². The minimum Gasteiger partial charge on any atom is -0.394 e. The Bertz CT molecular complexity index is 285. The van der Waals surface area contributed by atoms with Crippen molar-refractivity contribution >= 4 is 0 Å². The number of hydrogen-bond donors (Lipinski definition) is 2. The molecule has 0 saturated heterocycles. The van der Waals surface area contributed by atoms with E-state index in [1.807, 2.05) is 0 Å². The molecule has 0 bridgehead atoms. The van der Waals surface area contributed by atoms with E-state index in [9.17, 15) is 10.2 Å². The first-order chi connectivity index (χ1) is 13.7. The maximum absolute atomic E-state index is 9.98. The Morgan fingerprint density at radius 1 is 0.500 bits per heavy atom. The summed E-state index contributed by atoms with van der Waals surface area (Å²) >= 11 is 0. The number of aliphatic hydroxyl groups excluding tert-OH is 2. The predicted molar refractivity (Wildman–Crippen MR) is 113 cm³/mol. The Kier molecular flexibility index (Phi) is 19.9. The average molecular weight is 407 g/mol. The molecule has 0 amide bonds. The predicted octanol–water partition coefficient (Wildman–Crippen LogP) is 3.71. The summed E-state index contributed by atoms with van der Waals surface area (Å²) in [7, 11) is 0. The number of rotatable bonds is 21. The fraction of sp³-hybridized carbons (Fsp3) is 1.00. The molecule has 4 atom stereocenters. The van der Waals surface area contributed by atoms with Crippen molar-refractivity contribution in [3.8, 4) is 0 Å². The van der Waals surface area contributed by atoms with E-state index in [4.69, 9.17) is 18.9 Å². The van der Waals surface area contributed by atoms with Gasteiger partial charge >= 0.3 is 0 Å². The van der Waals surface area contributed by atoms with Crippen LogP contribution in [0.4, 0.5) is 0 Å². The fourth-order valence-corrected chi connectivity index (χ4v) is 2.82. The molecule has 0 aromatic carbocycles. The maximum Gasteiger partial charge on any atom is 0.115 e. The van der Waals surface area contributed by atoms with Crippen LogP contribution in [0.3, 0.4) is 0 Å². The second kappa shape index (κ2) is 20.0. The molecule has 0 saturated carbocycles. The van der Waals surface area contributed by atoms with Crippen LogP contribution in [0.25, 0.3) is 0 Å². The van der Waals surface area contributed by atoms with Gasteiger partial charge in [-0.25, -0.2) is 0 Å². The molecule has 0 rings (SSSR count). The Hall–Kier alpha value is -0.240. The lowest BCUT2D eigenvalue weighted by atomic mass is 10.0.